The first kappa shape index (κ1) is 19.8. The Bertz CT molecular complexity index is 693. The number of aromatic nitrogens is 4. The van der Waals surface area contributed by atoms with Gasteiger partial charge >= 0.3 is 5.97 Å². The molecule has 0 saturated heterocycles. The first-order valence-corrected chi connectivity index (χ1v) is 8.67. The van der Waals surface area contributed by atoms with Gasteiger partial charge in [0.15, 0.2) is 5.69 Å². The molecular formula is C18H28N4O2. The van der Waals surface area contributed by atoms with Gasteiger partial charge < -0.3 is 4.74 Å². The number of nitrogens with zero attached hydrogens (tertiary/aromatic N) is 4. The molecule has 2 heterocycles. The van der Waals surface area contributed by atoms with Crippen molar-refractivity contribution in [1.82, 2.24) is 19.7 Å². The normalized spacial score (nSPS) is 11.1. The lowest BCUT2D eigenvalue weighted by Crippen LogP contribution is -2.12. The van der Waals surface area contributed by atoms with Gasteiger partial charge in [-0.2, -0.15) is 5.10 Å². The van der Waals surface area contributed by atoms with Gasteiger partial charge in [0.1, 0.15) is 5.82 Å². The number of rotatable bonds is 2. The maximum atomic E-state index is 12.0. The van der Waals surface area contributed by atoms with Gasteiger partial charge in [0.25, 0.3) is 0 Å². The predicted molar refractivity (Wildman–Crippen MR) is 95.0 cm³/mol. The molecule has 0 radical (unpaired) electrons. The van der Waals surface area contributed by atoms with Crippen LogP contribution in [0.4, 0.5) is 0 Å². The van der Waals surface area contributed by atoms with Crippen molar-refractivity contribution in [3.63, 3.8) is 0 Å². The second-order valence-corrected chi connectivity index (χ2v) is 4.81. The molecule has 1 aliphatic carbocycles. The maximum absolute atomic E-state index is 12.0. The third-order valence-corrected chi connectivity index (χ3v) is 3.47. The van der Waals surface area contributed by atoms with E-state index in [9.17, 15) is 4.79 Å². The van der Waals surface area contributed by atoms with Crippen LogP contribution < -0.4 is 0 Å². The molecule has 0 N–H and O–H groups in total. The molecule has 6 heteroatoms. The van der Waals surface area contributed by atoms with E-state index in [2.05, 4.69) is 15.1 Å². The Kier molecular flexibility index (Phi) is 7.55. The highest BCUT2D eigenvalue weighted by Crippen LogP contribution is 2.33. The SMILES string of the molecule is CC.CC.CCOC(=O)c1nn(C)c2c1CCc1cnc(C)nc1-2. The van der Waals surface area contributed by atoms with Crippen molar-refractivity contribution in [3.05, 3.63) is 28.8 Å². The number of aryl methyl sites for hydroxylation is 3. The number of esters is 1. The number of hydrogen-bond acceptors (Lipinski definition) is 5. The van der Waals surface area contributed by atoms with Gasteiger partial charge in [-0.3, -0.25) is 4.68 Å². The fraction of sp³-hybridized carbons (Fsp3) is 0.556. The third-order valence-electron chi connectivity index (χ3n) is 3.47. The van der Waals surface area contributed by atoms with Crippen molar-refractivity contribution in [1.29, 1.82) is 0 Å². The Morgan fingerprint density at radius 3 is 2.54 bits per heavy atom. The maximum Gasteiger partial charge on any atom is 0.359 e. The van der Waals surface area contributed by atoms with E-state index in [0.717, 1.165) is 41.2 Å². The quantitative estimate of drug-likeness (QED) is 0.787. The van der Waals surface area contributed by atoms with Crippen LogP contribution in [0.3, 0.4) is 0 Å². The van der Waals surface area contributed by atoms with Gasteiger partial charge in [0, 0.05) is 18.8 Å². The molecular weight excluding hydrogens is 304 g/mol. The van der Waals surface area contributed by atoms with Crippen LogP contribution in [0.2, 0.25) is 0 Å². The van der Waals surface area contributed by atoms with Crippen LogP contribution in [0.15, 0.2) is 6.20 Å². The first-order chi connectivity index (χ1) is 11.6. The molecule has 0 saturated carbocycles. The standard InChI is InChI=1S/C14H16N4O2.2C2H6/c1-4-20-14(19)12-10-6-5-9-7-15-8(2)16-11(9)13(10)18(3)17-12;2*1-2/h7H,4-6H2,1-3H3;2*1-2H3. The number of ether oxygens (including phenoxy) is 1. The van der Waals surface area contributed by atoms with E-state index in [1.165, 1.54) is 0 Å². The average Bonchev–Trinajstić information content (AvgIpc) is 2.96. The van der Waals surface area contributed by atoms with Gasteiger partial charge in [-0.1, -0.05) is 27.7 Å². The summed E-state index contributed by atoms with van der Waals surface area (Å²) >= 11 is 0. The second-order valence-electron chi connectivity index (χ2n) is 4.81. The van der Waals surface area contributed by atoms with Crippen molar-refractivity contribution >= 4 is 5.97 Å². The molecule has 0 amide bonds. The summed E-state index contributed by atoms with van der Waals surface area (Å²) in [5.74, 6) is 0.356. The molecule has 1 aliphatic rings. The van der Waals surface area contributed by atoms with Crippen molar-refractivity contribution in [2.24, 2.45) is 7.05 Å². The highest BCUT2D eigenvalue weighted by atomic mass is 16.5. The van der Waals surface area contributed by atoms with Crippen molar-refractivity contribution in [2.75, 3.05) is 6.61 Å². The number of hydrogen-bond donors (Lipinski definition) is 0. The minimum Gasteiger partial charge on any atom is -0.461 e. The van der Waals surface area contributed by atoms with Crippen molar-refractivity contribution in [2.45, 2.75) is 54.4 Å². The smallest absolute Gasteiger partial charge is 0.359 e. The fourth-order valence-corrected chi connectivity index (χ4v) is 2.61. The lowest BCUT2D eigenvalue weighted by atomic mass is 9.93. The molecule has 0 spiro atoms. The molecule has 3 rings (SSSR count). The van der Waals surface area contributed by atoms with Gasteiger partial charge in [0.2, 0.25) is 0 Å². The van der Waals surface area contributed by atoms with Gasteiger partial charge in [0.05, 0.1) is 18.0 Å². The third kappa shape index (κ3) is 3.80. The van der Waals surface area contributed by atoms with E-state index in [1.807, 2.05) is 47.9 Å². The summed E-state index contributed by atoms with van der Waals surface area (Å²) in [5.41, 5.74) is 4.22. The fourth-order valence-electron chi connectivity index (χ4n) is 2.61. The lowest BCUT2D eigenvalue weighted by Gasteiger charge is -2.16. The summed E-state index contributed by atoms with van der Waals surface area (Å²) in [6.45, 7) is 12.0. The highest BCUT2D eigenvalue weighted by molar-refractivity contribution is 5.91. The Hall–Kier alpha value is -2.24. The Morgan fingerprint density at radius 1 is 1.25 bits per heavy atom. The summed E-state index contributed by atoms with van der Waals surface area (Å²) in [5, 5.41) is 4.32. The van der Waals surface area contributed by atoms with Crippen LogP contribution in [0, 0.1) is 6.92 Å². The van der Waals surface area contributed by atoms with E-state index < -0.39 is 0 Å². The van der Waals surface area contributed by atoms with E-state index in [-0.39, 0.29) is 5.97 Å². The summed E-state index contributed by atoms with van der Waals surface area (Å²) in [4.78, 5) is 20.7. The lowest BCUT2D eigenvalue weighted by molar-refractivity contribution is 0.0517. The highest BCUT2D eigenvalue weighted by Gasteiger charge is 2.29. The Morgan fingerprint density at radius 2 is 1.92 bits per heavy atom. The molecule has 0 fully saturated rings. The minimum absolute atomic E-state index is 0.349. The number of fused-ring (bicyclic) bond motifs is 3. The Balaban J connectivity index is 0.000000671. The summed E-state index contributed by atoms with van der Waals surface area (Å²) in [6, 6.07) is 0. The molecule has 0 unspecified atom stereocenters. The molecule has 6 nitrogen and oxygen atoms in total. The number of carbonyl (C=O) groups excluding carboxylic acids is 1. The largest absolute Gasteiger partial charge is 0.461 e. The molecule has 0 aliphatic heterocycles. The molecule has 2 aromatic rings. The van der Waals surface area contributed by atoms with E-state index >= 15 is 0 Å². The molecule has 0 atom stereocenters. The molecule has 2 aromatic heterocycles. The van der Waals surface area contributed by atoms with E-state index in [0.29, 0.717) is 12.3 Å². The first-order valence-electron chi connectivity index (χ1n) is 8.67. The van der Waals surface area contributed by atoms with Crippen LogP contribution in [0.5, 0.6) is 0 Å². The van der Waals surface area contributed by atoms with Crippen LogP contribution in [-0.2, 0) is 24.6 Å². The zero-order chi connectivity index (χ0) is 18.3. The van der Waals surface area contributed by atoms with E-state index in [4.69, 9.17) is 4.74 Å². The molecule has 0 aromatic carbocycles. The van der Waals surface area contributed by atoms with Crippen LogP contribution in [0.1, 0.15) is 62.1 Å². The van der Waals surface area contributed by atoms with E-state index in [1.54, 1.807) is 11.6 Å². The topological polar surface area (TPSA) is 69.9 Å². The van der Waals surface area contributed by atoms with Crippen LogP contribution in [0.25, 0.3) is 11.4 Å². The van der Waals surface area contributed by atoms with Gasteiger partial charge in [-0.15, -0.1) is 0 Å². The zero-order valence-corrected chi connectivity index (χ0v) is 15.8. The number of carbonyl (C=O) groups is 1. The minimum atomic E-state index is -0.362. The Labute approximate surface area is 144 Å². The van der Waals surface area contributed by atoms with Gasteiger partial charge in [-0.05, 0) is 32.3 Å². The zero-order valence-electron chi connectivity index (χ0n) is 15.8. The second kappa shape index (κ2) is 9.15. The molecule has 0 bridgehead atoms. The van der Waals surface area contributed by atoms with Crippen LogP contribution >= 0.6 is 0 Å². The van der Waals surface area contributed by atoms with Crippen molar-refractivity contribution in [3.8, 4) is 11.4 Å². The van der Waals surface area contributed by atoms with Crippen molar-refractivity contribution < 1.29 is 9.53 Å². The van der Waals surface area contributed by atoms with Gasteiger partial charge in [-0.25, -0.2) is 14.8 Å². The predicted octanol–water partition coefficient (Wildman–Crippen LogP) is 3.51. The summed E-state index contributed by atoms with van der Waals surface area (Å²) in [6.07, 6.45) is 3.44. The monoisotopic (exact) mass is 332 g/mol. The molecule has 132 valence electrons. The average molecular weight is 332 g/mol. The summed E-state index contributed by atoms with van der Waals surface area (Å²) in [7, 11) is 1.83. The molecule has 24 heavy (non-hydrogen) atoms. The van der Waals surface area contributed by atoms with Crippen LogP contribution in [-0.4, -0.2) is 32.3 Å². The summed E-state index contributed by atoms with van der Waals surface area (Å²) < 4.78 is 6.79.